The number of anilines is 8. The number of fused-ring (bicyclic) bond motifs is 8. The van der Waals surface area contributed by atoms with Crippen LogP contribution in [0.15, 0.2) is 188 Å². The van der Waals surface area contributed by atoms with Gasteiger partial charge in [0.25, 0.3) is 6.71 Å². The summed E-state index contributed by atoms with van der Waals surface area (Å²) in [7, 11) is 0. The third-order valence-corrected chi connectivity index (χ3v) is 15.6. The minimum absolute atomic E-state index is 0.00708. The molecule has 0 radical (unpaired) electrons. The maximum atomic E-state index is 6.37. The monoisotopic (exact) mass is 886 g/mol. The van der Waals surface area contributed by atoms with Crippen molar-refractivity contribution in [2.75, 3.05) is 21.3 Å². The van der Waals surface area contributed by atoms with E-state index in [1.54, 1.807) is 0 Å². The molecule has 0 saturated heterocycles. The third kappa shape index (κ3) is 6.32. The highest BCUT2D eigenvalue weighted by molar-refractivity contribution is 7.05. The van der Waals surface area contributed by atoms with Gasteiger partial charge in [0.05, 0.1) is 0 Å². The fraction of sp³-hybridized carbons (Fsp3) is 0.129. The Morgan fingerprint density at radius 2 is 0.710 bits per heavy atom. The lowest BCUT2D eigenvalue weighted by molar-refractivity contribution is 0.590. The highest BCUT2D eigenvalue weighted by atomic mass is 15.2. The molecule has 4 N–H and O–H groups in total. The largest absolute Gasteiger partial charge is 0.399 e. The Morgan fingerprint density at radius 3 is 1.17 bits per heavy atom. The number of nitrogen functional groups attached to an aromatic ring is 2. The molecule has 0 fully saturated rings. The van der Waals surface area contributed by atoms with Gasteiger partial charge in [0.2, 0.25) is 13.4 Å². The standard InChI is InChI=1S/C62H53B3N4/c1-61(2,3)42-22-26-44(27-23-42)63-48-12-7-9-16-54(48)68-56-36-41(39-20-32-47(67)33-21-39)37-57-58(56)65(51-15-11-14-50(63)59(51)68)53-35-40(38-18-30-46(66)31-19-38)34-52-60(53)69(57)55-17-10-8-13-49(55)64(52)45-28-24-43(25-29-45)62(4,5)6/h7-37H,66-67H2,1-6H3. The van der Waals surface area contributed by atoms with E-state index in [0.29, 0.717) is 0 Å². The zero-order valence-electron chi connectivity index (χ0n) is 40.2. The molecule has 0 bridgehead atoms. The number of para-hydroxylation sites is 3. The van der Waals surface area contributed by atoms with Crippen molar-refractivity contribution in [2.24, 2.45) is 0 Å². The maximum absolute atomic E-state index is 6.37. The predicted octanol–water partition coefficient (Wildman–Crippen LogP) is 8.52. The third-order valence-electron chi connectivity index (χ3n) is 15.6. The summed E-state index contributed by atoms with van der Waals surface area (Å²) in [5, 5.41) is 0. The summed E-state index contributed by atoms with van der Waals surface area (Å²) in [6, 6.07) is 71.0. The fourth-order valence-corrected chi connectivity index (χ4v) is 12.2. The Hall–Kier alpha value is -7.63. The maximum Gasteiger partial charge on any atom is 0.252 e. The number of hydrogen-bond acceptors (Lipinski definition) is 4. The fourth-order valence-electron chi connectivity index (χ4n) is 12.2. The molecule has 330 valence electrons. The molecule has 13 rings (SSSR count). The summed E-state index contributed by atoms with van der Waals surface area (Å²) in [5.41, 5.74) is 40.8. The highest BCUT2D eigenvalue weighted by Gasteiger charge is 2.50. The lowest BCUT2D eigenvalue weighted by Crippen LogP contribution is -2.69. The van der Waals surface area contributed by atoms with Crippen LogP contribution in [-0.2, 0) is 10.8 Å². The van der Waals surface area contributed by atoms with Gasteiger partial charge < -0.3 is 21.3 Å². The van der Waals surface area contributed by atoms with Crippen LogP contribution in [0.3, 0.4) is 0 Å². The molecule has 7 heteroatoms. The molecule has 0 unspecified atom stereocenters. The van der Waals surface area contributed by atoms with Crippen molar-refractivity contribution in [1.82, 2.24) is 0 Å². The Morgan fingerprint density at radius 1 is 0.333 bits per heavy atom. The topological polar surface area (TPSA) is 58.5 Å². The molecule has 0 aromatic heterocycles. The first-order valence-electron chi connectivity index (χ1n) is 24.5. The van der Waals surface area contributed by atoms with Crippen molar-refractivity contribution in [3.05, 3.63) is 199 Å². The van der Waals surface area contributed by atoms with Crippen LogP contribution < -0.4 is 70.4 Å². The van der Waals surface area contributed by atoms with Gasteiger partial charge in [-0.25, -0.2) is 0 Å². The molecule has 9 aromatic carbocycles. The quantitative estimate of drug-likeness (QED) is 0.138. The van der Waals surface area contributed by atoms with Crippen molar-refractivity contribution in [1.29, 1.82) is 0 Å². The van der Waals surface area contributed by atoms with Crippen molar-refractivity contribution >= 4 is 115 Å². The van der Waals surface area contributed by atoms with Crippen LogP contribution in [0.5, 0.6) is 0 Å². The second kappa shape index (κ2) is 14.9. The van der Waals surface area contributed by atoms with E-state index in [1.807, 2.05) is 24.3 Å². The van der Waals surface area contributed by atoms with E-state index in [0.717, 1.165) is 28.1 Å². The van der Waals surface area contributed by atoms with Gasteiger partial charge in [-0.2, -0.15) is 0 Å². The molecule has 0 atom stereocenters. The van der Waals surface area contributed by atoms with Gasteiger partial charge in [0.1, 0.15) is 0 Å². The van der Waals surface area contributed by atoms with Crippen LogP contribution in [0, 0.1) is 0 Å². The van der Waals surface area contributed by atoms with E-state index in [9.17, 15) is 0 Å². The van der Waals surface area contributed by atoms with Crippen molar-refractivity contribution < 1.29 is 0 Å². The Bertz CT molecular complexity index is 3530. The molecule has 69 heavy (non-hydrogen) atoms. The van der Waals surface area contributed by atoms with E-state index in [1.165, 1.54) is 100.0 Å². The van der Waals surface area contributed by atoms with E-state index >= 15 is 0 Å². The Kier molecular flexibility index (Phi) is 8.99. The predicted molar refractivity (Wildman–Crippen MR) is 300 cm³/mol. The SMILES string of the molecule is CC(C)(C)c1ccc(B2c3ccccc3N3c4cc(-c5ccc(N)cc5)cc5c4B(c4cccc2c43)c2cc(-c3ccc(N)cc3)cc3c2N5c2ccccc2B3c2ccc(C(C)(C)C)cc2)cc1. The van der Waals surface area contributed by atoms with Gasteiger partial charge in [-0.3, -0.25) is 0 Å². The van der Waals surface area contributed by atoms with Crippen molar-refractivity contribution in [3.63, 3.8) is 0 Å². The minimum atomic E-state index is -0.0660. The molecule has 4 nitrogen and oxygen atoms in total. The first-order chi connectivity index (χ1) is 33.3. The van der Waals surface area contributed by atoms with E-state index in [4.69, 9.17) is 11.5 Å². The number of nitrogens with zero attached hydrogens (tertiary/aromatic N) is 2. The normalized spacial score (nSPS) is 13.9. The lowest BCUT2D eigenvalue weighted by Gasteiger charge is -2.50. The smallest absolute Gasteiger partial charge is 0.252 e. The summed E-state index contributed by atoms with van der Waals surface area (Å²) < 4.78 is 0. The van der Waals surface area contributed by atoms with Gasteiger partial charge in [-0.1, -0.05) is 192 Å². The molecule has 0 spiro atoms. The van der Waals surface area contributed by atoms with E-state index in [2.05, 4.69) is 215 Å². The molecule has 4 aliphatic heterocycles. The lowest BCUT2D eigenvalue weighted by atomic mass is 9.28. The summed E-state index contributed by atoms with van der Waals surface area (Å²) in [5.74, 6) is 0. The summed E-state index contributed by atoms with van der Waals surface area (Å²) >= 11 is 0. The summed E-state index contributed by atoms with van der Waals surface area (Å²) in [4.78, 5) is 5.23. The second-order valence-electron chi connectivity index (χ2n) is 21.8. The van der Waals surface area contributed by atoms with Gasteiger partial charge in [0.15, 0.2) is 0 Å². The molecule has 0 saturated carbocycles. The number of nitrogens with two attached hydrogens (primary N) is 2. The van der Waals surface area contributed by atoms with Gasteiger partial charge in [0, 0.05) is 45.5 Å². The molecule has 0 aliphatic carbocycles. The molecule has 4 heterocycles. The van der Waals surface area contributed by atoms with Crippen LogP contribution in [0.25, 0.3) is 22.3 Å². The first kappa shape index (κ1) is 41.6. The molecule has 9 aromatic rings. The van der Waals surface area contributed by atoms with Crippen LogP contribution in [0.4, 0.5) is 45.5 Å². The average molecular weight is 887 g/mol. The van der Waals surface area contributed by atoms with Gasteiger partial charge in [-0.05, 0) is 131 Å². The second-order valence-corrected chi connectivity index (χ2v) is 21.8. The van der Waals surface area contributed by atoms with Crippen LogP contribution >= 0.6 is 0 Å². The number of benzene rings is 9. The van der Waals surface area contributed by atoms with Gasteiger partial charge in [-0.15, -0.1) is 0 Å². The average Bonchev–Trinajstić information content (AvgIpc) is 3.35. The number of rotatable bonds is 4. The van der Waals surface area contributed by atoms with Crippen LogP contribution in [0.2, 0.25) is 0 Å². The zero-order chi connectivity index (χ0) is 47.1. The summed E-state index contributed by atoms with van der Waals surface area (Å²) in [6.07, 6.45) is 0. The van der Waals surface area contributed by atoms with E-state index < -0.39 is 0 Å². The molecule has 4 aliphatic rings. The Balaban J connectivity index is 1.14. The van der Waals surface area contributed by atoms with Crippen molar-refractivity contribution in [3.8, 4) is 22.3 Å². The molecule has 0 amide bonds. The summed E-state index contributed by atoms with van der Waals surface area (Å²) in [6.45, 7) is 13.7. The molecular weight excluding hydrogens is 833 g/mol. The number of hydrogen-bond donors (Lipinski definition) is 2. The minimum Gasteiger partial charge on any atom is -0.399 e. The van der Waals surface area contributed by atoms with Crippen LogP contribution in [-0.4, -0.2) is 20.1 Å². The highest BCUT2D eigenvalue weighted by Crippen LogP contribution is 2.47. The zero-order valence-corrected chi connectivity index (χ0v) is 40.2. The molecular formula is C62H53B3N4. The first-order valence-corrected chi connectivity index (χ1v) is 24.5. The van der Waals surface area contributed by atoms with E-state index in [-0.39, 0.29) is 31.0 Å². The van der Waals surface area contributed by atoms with Crippen LogP contribution in [0.1, 0.15) is 52.7 Å². The van der Waals surface area contributed by atoms with Crippen molar-refractivity contribution in [2.45, 2.75) is 52.4 Å². The Labute approximate surface area is 407 Å². The van der Waals surface area contributed by atoms with Gasteiger partial charge >= 0.3 is 0 Å².